The molecule has 10 nitrogen and oxygen atoms in total. The van der Waals surface area contributed by atoms with Gasteiger partial charge in [-0.2, -0.15) is 0 Å². The molecule has 0 aromatic rings. The van der Waals surface area contributed by atoms with Gasteiger partial charge in [-0.25, -0.2) is 4.79 Å². The molecule has 2 heterocycles. The van der Waals surface area contributed by atoms with Crippen molar-refractivity contribution in [2.75, 3.05) is 13.7 Å². The van der Waals surface area contributed by atoms with Gasteiger partial charge in [-0.3, -0.25) is 0 Å². The van der Waals surface area contributed by atoms with E-state index in [1.807, 2.05) is 0 Å². The van der Waals surface area contributed by atoms with Crippen molar-refractivity contribution < 1.29 is 44.3 Å². The minimum Gasteiger partial charge on any atom is -0.458 e. The first kappa shape index (κ1) is 28.6. The number of rotatable bonds is 5. The fraction of sp³-hybridized carbons (Fsp3) is 0.867. The van der Waals surface area contributed by atoms with Crippen molar-refractivity contribution in [3.8, 4) is 0 Å². The largest absolute Gasteiger partial charge is 0.458 e. The topological polar surface area (TPSA) is 147 Å². The molecule has 0 spiro atoms. The van der Waals surface area contributed by atoms with Crippen LogP contribution in [0, 0.1) is 28.6 Å². The number of aliphatic hydroxyl groups is 3. The summed E-state index contributed by atoms with van der Waals surface area (Å²) in [6.45, 7) is 4.27. The lowest BCUT2D eigenvalue weighted by atomic mass is 9.41. The van der Waals surface area contributed by atoms with E-state index in [9.17, 15) is 25.3 Å². The lowest BCUT2D eigenvalue weighted by Crippen LogP contribution is -2.69. The molecule has 0 bridgehead atoms. The summed E-state index contributed by atoms with van der Waals surface area (Å²) in [5, 5.41) is 48.5. The molecule has 6 aliphatic rings. The number of nitrogens with zero attached hydrogens (tertiary/aromatic N) is 1. The Balaban J connectivity index is 1.23. The quantitative estimate of drug-likeness (QED) is 0.130. The maximum Gasteiger partial charge on any atom is 0.331 e. The van der Waals surface area contributed by atoms with E-state index in [0.717, 1.165) is 24.8 Å². The van der Waals surface area contributed by atoms with Crippen LogP contribution in [0.25, 0.3) is 0 Å². The van der Waals surface area contributed by atoms with Crippen molar-refractivity contribution in [3.05, 3.63) is 11.6 Å². The van der Waals surface area contributed by atoms with Gasteiger partial charge in [0.2, 0.25) is 0 Å². The van der Waals surface area contributed by atoms with E-state index in [2.05, 4.69) is 12.1 Å². The standard InChI is InChI=1S/C30H45NO9/c1-17-26(33)23(37-3)13-25(39-17)40-19-4-9-28(16-31-36)21-5-8-27(2)20(18-12-24(32)38-15-18)7-11-30(27,35)22(21)6-10-29(28,34)14-19/h12,16-17,19-23,25-26,33-36H,4-11,13-15H2,1-3H3/b31-16-/t17-,19-,20+,21+,22-,23-,25+,26-,27-,28+,29+,30+/m1/s1. The third-order valence-electron chi connectivity index (χ3n) is 12.2. The number of cyclic esters (lactones) is 1. The molecule has 5 fully saturated rings. The summed E-state index contributed by atoms with van der Waals surface area (Å²) in [5.74, 6) is -0.319. The van der Waals surface area contributed by atoms with E-state index in [4.69, 9.17) is 18.9 Å². The van der Waals surface area contributed by atoms with Crippen molar-refractivity contribution in [2.24, 2.45) is 33.7 Å². The van der Waals surface area contributed by atoms with Gasteiger partial charge in [0, 0.05) is 36.9 Å². The zero-order valence-corrected chi connectivity index (χ0v) is 23.8. The summed E-state index contributed by atoms with van der Waals surface area (Å²) < 4.78 is 23.0. The van der Waals surface area contributed by atoms with Crippen molar-refractivity contribution in [1.82, 2.24) is 0 Å². The van der Waals surface area contributed by atoms with Crippen LogP contribution in [0.2, 0.25) is 0 Å². The van der Waals surface area contributed by atoms with Gasteiger partial charge in [0.25, 0.3) is 0 Å². The summed E-state index contributed by atoms with van der Waals surface area (Å²) in [5.41, 5.74) is -2.28. The van der Waals surface area contributed by atoms with Crippen LogP contribution in [0.3, 0.4) is 0 Å². The molecular weight excluding hydrogens is 518 g/mol. The minimum atomic E-state index is -1.15. The monoisotopic (exact) mass is 563 g/mol. The second-order valence-electron chi connectivity index (χ2n) is 13.6. The number of ether oxygens (including phenoxy) is 4. The van der Waals surface area contributed by atoms with Crippen LogP contribution < -0.4 is 0 Å². The van der Waals surface area contributed by atoms with Gasteiger partial charge in [-0.05, 0) is 81.6 Å². The Kier molecular flexibility index (Phi) is 7.15. The Morgan fingerprint density at radius 2 is 1.88 bits per heavy atom. The zero-order chi connectivity index (χ0) is 28.5. The van der Waals surface area contributed by atoms with Crippen molar-refractivity contribution in [3.63, 3.8) is 0 Å². The average Bonchev–Trinajstić information content (AvgIpc) is 3.46. The normalized spacial score (nSPS) is 52.5. The third-order valence-corrected chi connectivity index (χ3v) is 12.2. The predicted octanol–water partition coefficient (Wildman–Crippen LogP) is 2.69. The van der Waals surface area contributed by atoms with Crippen LogP contribution in [0.1, 0.15) is 78.1 Å². The van der Waals surface area contributed by atoms with E-state index in [-0.39, 0.29) is 35.9 Å². The van der Waals surface area contributed by atoms with Gasteiger partial charge in [-0.1, -0.05) is 6.92 Å². The molecule has 2 aliphatic heterocycles. The van der Waals surface area contributed by atoms with Crippen LogP contribution >= 0.6 is 0 Å². The van der Waals surface area contributed by atoms with E-state index < -0.39 is 40.5 Å². The zero-order valence-electron chi connectivity index (χ0n) is 23.8. The highest BCUT2D eigenvalue weighted by molar-refractivity contribution is 5.85. The molecule has 0 amide bonds. The van der Waals surface area contributed by atoms with Crippen LogP contribution in [0.15, 0.2) is 16.8 Å². The van der Waals surface area contributed by atoms with E-state index in [1.54, 1.807) is 26.3 Å². The Bertz CT molecular complexity index is 1070. The van der Waals surface area contributed by atoms with Crippen LogP contribution in [-0.2, 0) is 23.7 Å². The van der Waals surface area contributed by atoms with E-state index in [0.29, 0.717) is 51.6 Å². The molecule has 0 aromatic carbocycles. The first-order valence-electron chi connectivity index (χ1n) is 15.0. The fourth-order valence-electron chi connectivity index (χ4n) is 10.1. The Labute approximate surface area is 235 Å². The average molecular weight is 564 g/mol. The Morgan fingerprint density at radius 1 is 1.10 bits per heavy atom. The molecule has 224 valence electrons. The first-order chi connectivity index (χ1) is 19.0. The number of fused-ring (bicyclic) bond motifs is 5. The number of carbonyl (C=O) groups is 1. The molecular formula is C30H45NO9. The lowest BCUT2D eigenvalue weighted by Gasteiger charge is -2.65. The van der Waals surface area contributed by atoms with E-state index in [1.165, 1.54) is 0 Å². The maximum absolute atomic E-state index is 12.5. The number of esters is 1. The summed E-state index contributed by atoms with van der Waals surface area (Å²) in [6, 6.07) is 0. The molecule has 6 rings (SSSR count). The van der Waals surface area contributed by atoms with Crippen molar-refractivity contribution >= 4 is 12.2 Å². The smallest absolute Gasteiger partial charge is 0.331 e. The molecule has 0 unspecified atom stereocenters. The van der Waals surface area contributed by atoms with Gasteiger partial charge >= 0.3 is 5.97 Å². The van der Waals surface area contributed by atoms with E-state index >= 15 is 0 Å². The summed E-state index contributed by atoms with van der Waals surface area (Å²) in [6.07, 6.45) is 6.96. The minimum absolute atomic E-state index is 0.0469. The molecule has 1 saturated heterocycles. The molecule has 4 N–H and O–H groups in total. The molecule has 0 aromatic heterocycles. The Morgan fingerprint density at radius 3 is 2.58 bits per heavy atom. The van der Waals surface area contributed by atoms with Gasteiger partial charge in [-0.15, -0.1) is 5.16 Å². The number of carbonyl (C=O) groups excluding carboxylic acids is 1. The first-order valence-corrected chi connectivity index (χ1v) is 15.0. The summed E-state index contributed by atoms with van der Waals surface area (Å²) in [7, 11) is 1.57. The maximum atomic E-state index is 12.5. The van der Waals surface area contributed by atoms with Gasteiger partial charge < -0.3 is 39.5 Å². The fourth-order valence-corrected chi connectivity index (χ4v) is 10.1. The van der Waals surface area contributed by atoms with Gasteiger partial charge in [0.05, 0.1) is 35.7 Å². The SMILES string of the molecule is CO[C@@H]1C[C@H](O[C@@H]2CC[C@]3(/C=N\O)[C@H]4CC[C@]5(C)[C@H](C6=CC(=O)OC6)CC[C@]5(O)[C@@H]4CC[C@]3(O)C2)O[C@H](C)[C@H]1O. The van der Waals surface area contributed by atoms with Crippen LogP contribution in [0.4, 0.5) is 0 Å². The number of oxime groups is 1. The van der Waals surface area contributed by atoms with Crippen molar-refractivity contribution in [1.29, 1.82) is 0 Å². The van der Waals surface area contributed by atoms with Crippen LogP contribution in [-0.4, -0.2) is 88.3 Å². The van der Waals surface area contributed by atoms with Crippen molar-refractivity contribution in [2.45, 2.75) is 120 Å². The number of aliphatic hydroxyl groups excluding tert-OH is 1. The molecule has 4 saturated carbocycles. The number of hydrogen-bond donors (Lipinski definition) is 4. The second kappa shape index (κ2) is 10.0. The summed E-state index contributed by atoms with van der Waals surface area (Å²) in [4.78, 5) is 11.8. The predicted molar refractivity (Wildman–Crippen MR) is 142 cm³/mol. The molecule has 4 aliphatic carbocycles. The highest BCUT2D eigenvalue weighted by atomic mass is 16.7. The number of hydrogen-bond acceptors (Lipinski definition) is 10. The Hall–Kier alpha value is -1.56. The molecule has 12 atom stereocenters. The lowest BCUT2D eigenvalue weighted by molar-refractivity contribution is -0.284. The summed E-state index contributed by atoms with van der Waals surface area (Å²) >= 11 is 0. The molecule has 10 heteroatoms. The second-order valence-corrected chi connectivity index (χ2v) is 13.6. The van der Waals surface area contributed by atoms with Crippen LogP contribution in [0.5, 0.6) is 0 Å². The molecule has 0 radical (unpaired) electrons. The third kappa shape index (κ3) is 4.04. The highest BCUT2D eigenvalue weighted by Crippen LogP contribution is 2.70. The van der Waals surface area contributed by atoms with Gasteiger partial charge in [0.1, 0.15) is 12.7 Å². The molecule has 40 heavy (non-hydrogen) atoms. The van der Waals surface area contributed by atoms with Gasteiger partial charge in [0.15, 0.2) is 6.29 Å². The number of methoxy groups -OCH3 is 1. The highest BCUT2D eigenvalue weighted by Gasteiger charge is 2.71.